The summed E-state index contributed by atoms with van der Waals surface area (Å²) in [5.74, 6) is 2.62. The molecule has 4 saturated carbocycles. The maximum atomic E-state index is 11.6. The first-order valence-electron chi connectivity index (χ1n) is 5.69. The van der Waals surface area contributed by atoms with Crippen LogP contribution in [0.5, 0.6) is 0 Å². The SMILES string of the molecule is O=C1OOC12C1CC3CC(C1)CC2C3. The molecule has 0 aromatic heterocycles. The average Bonchev–Trinajstić information content (AvgIpc) is 2.14. The summed E-state index contributed by atoms with van der Waals surface area (Å²) in [5, 5.41) is 0. The first kappa shape index (κ1) is 7.69. The van der Waals surface area contributed by atoms with Gasteiger partial charge in [-0.25, -0.2) is 4.79 Å². The van der Waals surface area contributed by atoms with Crippen LogP contribution in [0.1, 0.15) is 32.1 Å². The van der Waals surface area contributed by atoms with Crippen LogP contribution in [0.25, 0.3) is 0 Å². The van der Waals surface area contributed by atoms with Crippen molar-refractivity contribution in [2.24, 2.45) is 23.7 Å². The Morgan fingerprint density at radius 3 is 1.93 bits per heavy atom. The van der Waals surface area contributed by atoms with Crippen LogP contribution in [0.3, 0.4) is 0 Å². The van der Waals surface area contributed by atoms with Gasteiger partial charge in [0.05, 0.1) is 0 Å². The predicted molar refractivity (Wildman–Crippen MR) is 47.0 cm³/mol. The Morgan fingerprint density at radius 1 is 1.00 bits per heavy atom. The zero-order valence-electron chi connectivity index (χ0n) is 8.07. The van der Waals surface area contributed by atoms with Gasteiger partial charge in [-0.1, -0.05) is 0 Å². The number of carbonyl (C=O) groups is 1. The van der Waals surface area contributed by atoms with E-state index in [0.29, 0.717) is 11.8 Å². The van der Waals surface area contributed by atoms with Crippen LogP contribution >= 0.6 is 0 Å². The standard InChI is InChI=1S/C11H14O3/c12-10-11(14-13-10)8-2-6-1-7(4-8)5-9(11)3-6/h6-9H,1-5H2. The van der Waals surface area contributed by atoms with Gasteiger partial charge in [-0.15, -0.1) is 0 Å². The summed E-state index contributed by atoms with van der Waals surface area (Å²) in [5.41, 5.74) is -0.479. The molecular formula is C11H14O3. The monoisotopic (exact) mass is 194 g/mol. The second kappa shape index (κ2) is 2.16. The summed E-state index contributed by atoms with van der Waals surface area (Å²) < 4.78 is 0. The summed E-state index contributed by atoms with van der Waals surface area (Å²) in [7, 11) is 0. The van der Waals surface area contributed by atoms with E-state index in [2.05, 4.69) is 4.89 Å². The van der Waals surface area contributed by atoms with Crippen molar-refractivity contribution < 1.29 is 14.6 Å². The molecule has 0 unspecified atom stereocenters. The van der Waals surface area contributed by atoms with E-state index in [1.165, 1.54) is 32.1 Å². The first-order chi connectivity index (χ1) is 6.79. The molecule has 14 heavy (non-hydrogen) atoms. The highest BCUT2D eigenvalue weighted by Crippen LogP contribution is 2.62. The number of hydrogen-bond donors (Lipinski definition) is 0. The van der Waals surface area contributed by atoms with Crippen molar-refractivity contribution in [3.63, 3.8) is 0 Å². The van der Waals surface area contributed by atoms with Crippen molar-refractivity contribution in [1.29, 1.82) is 0 Å². The summed E-state index contributed by atoms with van der Waals surface area (Å²) in [6.45, 7) is 0. The van der Waals surface area contributed by atoms with E-state index in [-0.39, 0.29) is 5.97 Å². The third-order valence-electron chi connectivity index (χ3n) is 4.93. The summed E-state index contributed by atoms with van der Waals surface area (Å²) >= 11 is 0. The molecule has 0 radical (unpaired) electrons. The first-order valence-corrected chi connectivity index (χ1v) is 5.69. The Bertz CT molecular complexity index is 282. The third-order valence-corrected chi connectivity index (χ3v) is 4.93. The van der Waals surface area contributed by atoms with Crippen LogP contribution in [0, 0.1) is 23.7 Å². The zero-order valence-corrected chi connectivity index (χ0v) is 8.07. The second-order valence-corrected chi connectivity index (χ2v) is 5.55. The molecule has 0 aromatic rings. The van der Waals surface area contributed by atoms with Gasteiger partial charge in [-0.05, 0) is 43.9 Å². The molecule has 3 nitrogen and oxygen atoms in total. The molecule has 1 aliphatic heterocycles. The maximum Gasteiger partial charge on any atom is 0.378 e. The van der Waals surface area contributed by atoms with Crippen molar-refractivity contribution in [3.05, 3.63) is 0 Å². The molecule has 0 aromatic carbocycles. The molecule has 0 N–H and O–H groups in total. The van der Waals surface area contributed by atoms with Gasteiger partial charge in [0.2, 0.25) is 5.60 Å². The van der Waals surface area contributed by atoms with E-state index in [9.17, 15) is 4.79 Å². The molecular weight excluding hydrogens is 180 g/mol. The van der Waals surface area contributed by atoms with E-state index in [1.54, 1.807) is 0 Å². The summed E-state index contributed by atoms with van der Waals surface area (Å²) in [4.78, 5) is 21.4. The average molecular weight is 194 g/mol. The van der Waals surface area contributed by atoms with Crippen molar-refractivity contribution in [2.45, 2.75) is 37.7 Å². The van der Waals surface area contributed by atoms with Crippen LogP contribution in [-0.4, -0.2) is 11.6 Å². The van der Waals surface area contributed by atoms with Crippen molar-refractivity contribution in [2.75, 3.05) is 0 Å². The van der Waals surface area contributed by atoms with Crippen LogP contribution in [-0.2, 0) is 14.6 Å². The van der Waals surface area contributed by atoms with Gasteiger partial charge in [0.15, 0.2) is 0 Å². The van der Waals surface area contributed by atoms with Crippen molar-refractivity contribution in [3.8, 4) is 0 Å². The normalized spacial score (nSPS) is 58.7. The van der Waals surface area contributed by atoms with Gasteiger partial charge in [0, 0.05) is 11.8 Å². The Balaban J connectivity index is 1.77. The number of rotatable bonds is 0. The van der Waals surface area contributed by atoms with E-state index < -0.39 is 5.60 Å². The van der Waals surface area contributed by atoms with Crippen molar-refractivity contribution >= 4 is 5.97 Å². The Labute approximate surface area is 82.7 Å². The topological polar surface area (TPSA) is 35.5 Å². The predicted octanol–water partition coefficient (Wildman–Crippen LogP) is 1.67. The molecule has 0 atom stereocenters. The quantitative estimate of drug-likeness (QED) is 0.550. The summed E-state index contributed by atoms with van der Waals surface area (Å²) in [6, 6.07) is 0. The lowest BCUT2D eigenvalue weighted by molar-refractivity contribution is -0.441. The van der Waals surface area contributed by atoms with Gasteiger partial charge in [0.25, 0.3) is 0 Å². The Morgan fingerprint density at radius 2 is 1.57 bits per heavy atom. The zero-order chi connectivity index (χ0) is 9.34. The van der Waals surface area contributed by atoms with E-state index in [0.717, 1.165) is 11.8 Å². The van der Waals surface area contributed by atoms with Gasteiger partial charge in [0.1, 0.15) is 0 Å². The lowest BCUT2D eigenvalue weighted by atomic mass is 9.49. The highest BCUT2D eigenvalue weighted by atomic mass is 17.3. The van der Waals surface area contributed by atoms with Crippen LogP contribution in [0.15, 0.2) is 0 Å². The molecule has 5 rings (SSSR count). The van der Waals surface area contributed by atoms with Gasteiger partial charge >= 0.3 is 5.97 Å². The van der Waals surface area contributed by atoms with Crippen LogP contribution < -0.4 is 0 Å². The lowest BCUT2D eigenvalue weighted by Gasteiger charge is -2.60. The lowest BCUT2D eigenvalue weighted by Crippen LogP contribution is -2.69. The fourth-order valence-electron chi connectivity index (χ4n) is 4.53. The van der Waals surface area contributed by atoms with E-state index in [4.69, 9.17) is 4.89 Å². The highest BCUT2D eigenvalue weighted by Gasteiger charge is 2.69. The minimum atomic E-state index is -0.479. The molecule has 3 heteroatoms. The molecule has 5 aliphatic rings. The molecule has 1 saturated heterocycles. The van der Waals surface area contributed by atoms with E-state index >= 15 is 0 Å². The van der Waals surface area contributed by atoms with Crippen molar-refractivity contribution in [1.82, 2.24) is 0 Å². The second-order valence-electron chi connectivity index (χ2n) is 5.55. The molecule has 1 spiro atoms. The van der Waals surface area contributed by atoms with Crippen LogP contribution in [0.2, 0.25) is 0 Å². The minimum absolute atomic E-state index is 0.0775. The Kier molecular flexibility index (Phi) is 1.19. The fourth-order valence-corrected chi connectivity index (χ4v) is 4.53. The number of hydrogen-bond acceptors (Lipinski definition) is 3. The molecule has 0 amide bonds. The summed E-state index contributed by atoms with van der Waals surface area (Å²) in [6.07, 6.45) is 6.19. The van der Waals surface area contributed by atoms with E-state index in [1.807, 2.05) is 0 Å². The largest absolute Gasteiger partial charge is 0.378 e. The number of carbonyl (C=O) groups excluding carboxylic acids is 1. The fraction of sp³-hybridized carbons (Fsp3) is 0.909. The highest BCUT2D eigenvalue weighted by molar-refractivity contribution is 5.83. The van der Waals surface area contributed by atoms with Gasteiger partial charge in [-0.3, -0.25) is 4.89 Å². The molecule has 76 valence electrons. The molecule has 1 heterocycles. The Hall–Kier alpha value is -0.570. The molecule has 5 fully saturated rings. The minimum Gasteiger partial charge on any atom is -0.294 e. The third kappa shape index (κ3) is 0.659. The smallest absolute Gasteiger partial charge is 0.294 e. The molecule has 4 aliphatic carbocycles. The molecule has 4 bridgehead atoms. The van der Waals surface area contributed by atoms with Gasteiger partial charge < -0.3 is 0 Å². The van der Waals surface area contributed by atoms with Gasteiger partial charge in [-0.2, -0.15) is 4.89 Å². The van der Waals surface area contributed by atoms with Crippen LogP contribution in [0.4, 0.5) is 0 Å². The maximum absolute atomic E-state index is 11.6.